The van der Waals surface area contributed by atoms with Crippen LogP contribution in [0.1, 0.15) is 72.6 Å². The van der Waals surface area contributed by atoms with Gasteiger partial charge in [0.1, 0.15) is 0 Å². The first-order chi connectivity index (χ1) is 25.8. The normalized spacial score (nSPS) is 28.2. The summed E-state index contributed by atoms with van der Waals surface area (Å²) in [5, 5.41) is 0. The summed E-state index contributed by atoms with van der Waals surface area (Å²) in [5.74, 6) is -1.56. The Kier molecular flexibility index (Phi) is 11.3. The molecule has 4 aromatic rings. The second kappa shape index (κ2) is 15.7. The van der Waals surface area contributed by atoms with Crippen molar-refractivity contribution in [3.05, 3.63) is 131 Å². The van der Waals surface area contributed by atoms with E-state index in [-0.39, 0.29) is 55.2 Å². The van der Waals surface area contributed by atoms with Crippen LogP contribution in [-0.4, -0.2) is 59.0 Å². The van der Waals surface area contributed by atoms with Crippen LogP contribution in [0.4, 0.5) is 0 Å². The minimum atomic E-state index is -3.88. The lowest BCUT2D eigenvalue weighted by Gasteiger charge is -2.34. The Morgan fingerprint density at radius 3 is 1.17 bits per heavy atom. The van der Waals surface area contributed by atoms with E-state index in [1.807, 2.05) is 74.5 Å². The van der Waals surface area contributed by atoms with Crippen LogP contribution in [0.5, 0.6) is 0 Å². The molecule has 2 aliphatic carbocycles. The van der Waals surface area contributed by atoms with Gasteiger partial charge in [-0.2, -0.15) is 0 Å². The first kappa shape index (κ1) is 38.9. The summed E-state index contributed by atoms with van der Waals surface area (Å²) in [6.45, 7) is 3.82. The molecule has 8 rings (SSSR count). The summed E-state index contributed by atoms with van der Waals surface area (Å²) in [7, 11) is -7.75. The van der Waals surface area contributed by atoms with Gasteiger partial charge in [-0.05, 0) is 74.9 Å². The highest BCUT2D eigenvalue weighted by atomic mass is 79.9. The molecule has 0 N–H and O–H groups in total. The van der Waals surface area contributed by atoms with E-state index in [0.717, 1.165) is 47.9 Å². The molecule has 2 amide bonds. The van der Waals surface area contributed by atoms with E-state index in [1.54, 1.807) is 48.5 Å². The Morgan fingerprint density at radius 1 is 0.500 bits per heavy atom. The van der Waals surface area contributed by atoms with Crippen LogP contribution < -0.4 is 0 Å². The molecular formula is C42H44Br2N2O6S2. The molecule has 8 nitrogen and oxygen atoms in total. The topological polar surface area (TPSA) is 109 Å². The van der Waals surface area contributed by atoms with Gasteiger partial charge in [-0.15, -0.1) is 0 Å². The Hall–Kier alpha value is -3.32. The Morgan fingerprint density at radius 2 is 0.833 bits per heavy atom. The van der Waals surface area contributed by atoms with Crippen molar-refractivity contribution in [2.45, 2.75) is 95.7 Å². The number of rotatable bonds is 6. The largest absolute Gasteiger partial charge is 0.273 e. The van der Waals surface area contributed by atoms with Crippen molar-refractivity contribution in [2.75, 3.05) is 0 Å². The average Bonchev–Trinajstić information content (AvgIpc) is 3.65. The van der Waals surface area contributed by atoms with Crippen molar-refractivity contribution in [1.82, 2.24) is 8.61 Å². The van der Waals surface area contributed by atoms with Gasteiger partial charge in [-0.1, -0.05) is 141 Å². The maximum absolute atomic E-state index is 13.4. The number of hydrogen-bond donors (Lipinski definition) is 0. The van der Waals surface area contributed by atoms with Gasteiger partial charge in [0.2, 0.25) is 11.8 Å². The van der Waals surface area contributed by atoms with Crippen LogP contribution in [0.25, 0.3) is 0 Å². The smallest absolute Gasteiger partial charge is 0.266 e. The highest BCUT2D eigenvalue weighted by Crippen LogP contribution is 2.51. The summed E-state index contributed by atoms with van der Waals surface area (Å²) in [6, 6.07) is 32.0. The zero-order valence-corrected chi connectivity index (χ0v) is 35.0. The summed E-state index contributed by atoms with van der Waals surface area (Å²) in [4.78, 5) is 27.5. The number of amides is 2. The standard InChI is InChI=1S/2C21H22BrNO3S/c2*1-14-10-12-16(13-11-14)27(25,26)23-18-9-5-8-17(22)20(18)19(21(23)24)15-6-3-2-4-7-15/h2*2-4,6-7,10-13,17-20H,5,8-9H2,1H3/t2*17-,18-,19-,20+/m10/s1. The molecule has 8 atom stereocenters. The quantitative estimate of drug-likeness (QED) is 0.180. The third-order valence-electron chi connectivity index (χ3n) is 11.5. The summed E-state index contributed by atoms with van der Waals surface area (Å²) in [6.07, 6.45) is 5.16. The molecule has 0 radical (unpaired) electrons. The van der Waals surface area contributed by atoms with E-state index in [0.29, 0.717) is 12.8 Å². The molecule has 0 bridgehead atoms. The lowest BCUT2D eigenvalue weighted by molar-refractivity contribution is -0.126. The molecule has 2 saturated carbocycles. The maximum Gasteiger partial charge on any atom is 0.266 e. The molecule has 4 fully saturated rings. The van der Waals surface area contributed by atoms with Crippen molar-refractivity contribution in [1.29, 1.82) is 0 Å². The molecule has 2 heterocycles. The Labute approximate surface area is 335 Å². The third kappa shape index (κ3) is 7.12. The first-order valence-corrected chi connectivity index (χ1v) is 23.2. The number of carbonyl (C=O) groups excluding carboxylic acids is 2. The SMILES string of the molecule is Cc1ccc(S(=O)(=O)N2C(=O)[C@@H](c3ccccc3)[C@@H]3[C@@H](Br)CCC[C@@H]32)cc1.Cc1ccc(S(=O)(=O)N2C(=O)[C@H](c3ccccc3)[C@H]3[C@H](Br)CCC[C@H]32)cc1. The molecule has 12 heteroatoms. The number of hydrogen-bond acceptors (Lipinski definition) is 6. The van der Waals surface area contributed by atoms with Gasteiger partial charge < -0.3 is 0 Å². The van der Waals surface area contributed by atoms with Gasteiger partial charge in [0, 0.05) is 21.5 Å². The number of sulfonamides is 2. The molecule has 2 aliphatic heterocycles. The second-order valence-electron chi connectivity index (χ2n) is 14.9. The number of fused-ring (bicyclic) bond motifs is 2. The second-order valence-corrected chi connectivity index (χ2v) is 20.8. The van der Waals surface area contributed by atoms with Crippen LogP contribution in [0.15, 0.2) is 119 Å². The van der Waals surface area contributed by atoms with Gasteiger partial charge >= 0.3 is 0 Å². The summed E-state index contributed by atoms with van der Waals surface area (Å²) >= 11 is 7.49. The van der Waals surface area contributed by atoms with E-state index in [1.165, 1.54) is 8.61 Å². The molecular weight excluding hydrogens is 852 g/mol. The molecule has 4 aliphatic rings. The van der Waals surface area contributed by atoms with Crippen LogP contribution in [0, 0.1) is 25.7 Å². The fraction of sp³-hybridized carbons (Fsp3) is 0.381. The van der Waals surface area contributed by atoms with Gasteiger partial charge in [0.25, 0.3) is 20.0 Å². The number of aryl methyl sites for hydroxylation is 2. The van der Waals surface area contributed by atoms with Crippen molar-refractivity contribution in [3.63, 3.8) is 0 Å². The van der Waals surface area contributed by atoms with E-state index >= 15 is 0 Å². The minimum absolute atomic E-state index is 0.0473. The summed E-state index contributed by atoms with van der Waals surface area (Å²) < 4.78 is 55.9. The van der Waals surface area contributed by atoms with Gasteiger partial charge in [-0.3, -0.25) is 9.59 Å². The van der Waals surface area contributed by atoms with Crippen molar-refractivity contribution in [3.8, 4) is 0 Å². The Balaban J connectivity index is 0.000000167. The molecule has 54 heavy (non-hydrogen) atoms. The van der Waals surface area contributed by atoms with E-state index < -0.39 is 31.9 Å². The summed E-state index contributed by atoms with van der Waals surface area (Å²) in [5.41, 5.74) is 3.76. The minimum Gasteiger partial charge on any atom is -0.273 e. The molecule has 0 unspecified atom stereocenters. The number of alkyl halides is 2. The fourth-order valence-electron chi connectivity index (χ4n) is 8.93. The Bertz CT molecular complexity index is 2050. The predicted octanol–water partition coefficient (Wildman–Crippen LogP) is 8.48. The number of halogens is 2. The van der Waals surface area contributed by atoms with Gasteiger partial charge in [0.05, 0.1) is 33.7 Å². The highest BCUT2D eigenvalue weighted by Gasteiger charge is 2.57. The van der Waals surface area contributed by atoms with E-state index in [9.17, 15) is 26.4 Å². The number of benzene rings is 4. The molecule has 284 valence electrons. The third-order valence-corrected chi connectivity index (χ3v) is 17.3. The molecule has 4 aromatic carbocycles. The zero-order chi connectivity index (χ0) is 38.4. The van der Waals surface area contributed by atoms with E-state index in [4.69, 9.17) is 0 Å². The lowest BCUT2D eigenvalue weighted by atomic mass is 9.77. The van der Waals surface area contributed by atoms with Crippen LogP contribution in [0.2, 0.25) is 0 Å². The van der Waals surface area contributed by atoms with Crippen LogP contribution >= 0.6 is 31.9 Å². The first-order valence-electron chi connectivity index (χ1n) is 18.5. The van der Waals surface area contributed by atoms with Gasteiger partial charge in [-0.25, -0.2) is 25.4 Å². The monoisotopic (exact) mass is 894 g/mol. The number of nitrogens with zero attached hydrogens (tertiary/aromatic N) is 2. The van der Waals surface area contributed by atoms with Gasteiger partial charge in [0.15, 0.2) is 0 Å². The van der Waals surface area contributed by atoms with E-state index in [2.05, 4.69) is 31.9 Å². The predicted molar refractivity (Wildman–Crippen MR) is 216 cm³/mol. The van der Waals surface area contributed by atoms with Crippen molar-refractivity contribution < 1.29 is 26.4 Å². The van der Waals surface area contributed by atoms with Crippen LogP contribution in [-0.2, 0) is 29.6 Å². The molecule has 2 saturated heterocycles. The highest BCUT2D eigenvalue weighted by molar-refractivity contribution is 9.09. The number of carbonyl (C=O) groups is 2. The van der Waals surface area contributed by atoms with Crippen molar-refractivity contribution >= 4 is 63.7 Å². The van der Waals surface area contributed by atoms with Crippen molar-refractivity contribution in [2.24, 2.45) is 11.8 Å². The fourth-order valence-corrected chi connectivity index (χ4v) is 14.2. The maximum atomic E-state index is 13.4. The zero-order valence-electron chi connectivity index (χ0n) is 30.2. The molecule has 0 spiro atoms. The molecule has 0 aromatic heterocycles. The lowest BCUT2D eigenvalue weighted by Crippen LogP contribution is -2.43. The average molecular weight is 897 g/mol. The van der Waals surface area contributed by atoms with Crippen LogP contribution in [0.3, 0.4) is 0 Å².